The molecule has 1 fully saturated rings. The summed E-state index contributed by atoms with van der Waals surface area (Å²) < 4.78 is 26.5. The molecule has 0 spiro atoms. The van der Waals surface area contributed by atoms with Crippen molar-refractivity contribution in [2.75, 3.05) is 31.1 Å². The van der Waals surface area contributed by atoms with Crippen molar-refractivity contribution in [3.8, 4) is 11.3 Å². The summed E-state index contributed by atoms with van der Waals surface area (Å²) >= 11 is 1.68. The predicted molar refractivity (Wildman–Crippen MR) is 130 cm³/mol. The maximum absolute atomic E-state index is 13.4. The molecule has 2 aromatic carbocycles. The molecule has 0 N–H and O–H groups in total. The van der Waals surface area contributed by atoms with E-state index in [1.807, 2.05) is 4.90 Å². The summed E-state index contributed by atoms with van der Waals surface area (Å²) in [5, 5.41) is 3.23. The lowest BCUT2D eigenvalue weighted by molar-refractivity contribution is -0.131. The van der Waals surface area contributed by atoms with Crippen LogP contribution in [0, 0.1) is 11.6 Å². The molecule has 1 saturated heterocycles. The van der Waals surface area contributed by atoms with E-state index in [9.17, 15) is 13.6 Å². The molecule has 174 valence electrons. The smallest absolute Gasteiger partial charge is 0.226 e. The van der Waals surface area contributed by atoms with Crippen LogP contribution in [-0.4, -0.2) is 42.0 Å². The molecule has 2 heterocycles. The number of hydrogen-bond acceptors (Lipinski definition) is 4. The van der Waals surface area contributed by atoms with Crippen LogP contribution in [0.25, 0.3) is 11.3 Å². The third-order valence-corrected chi connectivity index (χ3v) is 7.36. The molecule has 7 heteroatoms. The minimum absolute atomic E-state index is 0.0485. The van der Waals surface area contributed by atoms with Gasteiger partial charge in [-0.05, 0) is 56.5 Å². The Labute approximate surface area is 197 Å². The third kappa shape index (κ3) is 5.41. The van der Waals surface area contributed by atoms with Gasteiger partial charge < -0.3 is 9.80 Å². The lowest BCUT2D eigenvalue weighted by Crippen LogP contribution is -2.38. The van der Waals surface area contributed by atoms with Crippen LogP contribution in [0.5, 0.6) is 0 Å². The fraction of sp³-hybridized carbons (Fsp3) is 0.385. The molecule has 4 nitrogen and oxygen atoms in total. The molecule has 1 aromatic heterocycles. The van der Waals surface area contributed by atoms with Gasteiger partial charge in [-0.3, -0.25) is 4.79 Å². The van der Waals surface area contributed by atoms with E-state index < -0.39 is 11.6 Å². The summed E-state index contributed by atoms with van der Waals surface area (Å²) in [7, 11) is 0. The molecule has 0 radical (unpaired) electrons. The molecular weight excluding hydrogens is 440 g/mol. The summed E-state index contributed by atoms with van der Waals surface area (Å²) in [5.74, 6) is -1.52. The zero-order valence-electron chi connectivity index (χ0n) is 19.1. The van der Waals surface area contributed by atoms with Crippen molar-refractivity contribution in [2.45, 2.75) is 39.0 Å². The Morgan fingerprint density at radius 2 is 1.76 bits per heavy atom. The standard InChI is InChI=1S/C26H29F2N3OS/c1-3-30(4-2)21-8-6-19(7-9-21)24-17-33-26(29-24)20-11-13-31(14-12-20)25(32)16-18-5-10-22(27)23(28)15-18/h5-10,15,17,20H,3-4,11-14,16H2,1-2H3. The number of piperidine rings is 1. The third-order valence-electron chi connectivity index (χ3n) is 6.35. The molecule has 0 unspecified atom stereocenters. The van der Waals surface area contributed by atoms with E-state index in [0.29, 0.717) is 24.6 Å². The molecule has 0 aliphatic carbocycles. The maximum Gasteiger partial charge on any atom is 0.226 e. The first kappa shape index (κ1) is 23.4. The molecule has 3 aromatic rings. The molecule has 1 amide bonds. The minimum Gasteiger partial charge on any atom is -0.372 e. The van der Waals surface area contributed by atoms with Crippen LogP contribution in [0.15, 0.2) is 47.8 Å². The number of aromatic nitrogens is 1. The number of nitrogens with zero attached hydrogens (tertiary/aromatic N) is 3. The molecule has 33 heavy (non-hydrogen) atoms. The number of anilines is 1. The van der Waals surface area contributed by atoms with Gasteiger partial charge in [0, 0.05) is 48.7 Å². The van der Waals surface area contributed by atoms with E-state index in [4.69, 9.17) is 4.98 Å². The average Bonchev–Trinajstić information content (AvgIpc) is 3.33. The molecule has 0 bridgehead atoms. The van der Waals surface area contributed by atoms with Gasteiger partial charge in [0.2, 0.25) is 5.91 Å². The highest BCUT2D eigenvalue weighted by molar-refractivity contribution is 7.10. The van der Waals surface area contributed by atoms with E-state index in [2.05, 4.69) is 48.4 Å². The zero-order valence-corrected chi connectivity index (χ0v) is 19.9. The summed E-state index contributed by atoms with van der Waals surface area (Å²) in [5.41, 5.74) is 3.84. The molecule has 0 atom stereocenters. The van der Waals surface area contributed by atoms with E-state index in [1.165, 1.54) is 11.8 Å². The molecule has 0 saturated carbocycles. The van der Waals surface area contributed by atoms with Crippen molar-refractivity contribution >= 4 is 22.9 Å². The van der Waals surface area contributed by atoms with Gasteiger partial charge in [-0.15, -0.1) is 11.3 Å². The number of carbonyl (C=O) groups is 1. The lowest BCUT2D eigenvalue weighted by atomic mass is 9.97. The van der Waals surface area contributed by atoms with Crippen molar-refractivity contribution in [2.24, 2.45) is 0 Å². The van der Waals surface area contributed by atoms with E-state index in [-0.39, 0.29) is 12.3 Å². The van der Waals surface area contributed by atoms with Crippen molar-refractivity contribution in [1.82, 2.24) is 9.88 Å². The monoisotopic (exact) mass is 469 g/mol. The van der Waals surface area contributed by atoms with Crippen LogP contribution in [-0.2, 0) is 11.2 Å². The fourth-order valence-electron chi connectivity index (χ4n) is 4.35. The number of likely N-dealkylation sites (tertiary alicyclic amines) is 1. The summed E-state index contributed by atoms with van der Waals surface area (Å²) in [4.78, 5) is 21.6. The first-order valence-corrected chi connectivity index (χ1v) is 12.4. The number of benzene rings is 2. The SMILES string of the molecule is CCN(CC)c1ccc(-c2csc(C3CCN(C(=O)Cc4ccc(F)c(F)c4)CC3)n2)cc1. The Morgan fingerprint density at radius 3 is 2.39 bits per heavy atom. The number of thiazole rings is 1. The quantitative estimate of drug-likeness (QED) is 0.433. The van der Waals surface area contributed by atoms with Crippen LogP contribution >= 0.6 is 11.3 Å². The highest BCUT2D eigenvalue weighted by Gasteiger charge is 2.26. The maximum atomic E-state index is 13.4. The highest BCUT2D eigenvalue weighted by atomic mass is 32.1. The Bertz CT molecular complexity index is 1090. The first-order chi connectivity index (χ1) is 16.0. The van der Waals surface area contributed by atoms with Gasteiger partial charge in [-0.2, -0.15) is 0 Å². The largest absolute Gasteiger partial charge is 0.372 e. The second-order valence-electron chi connectivity index (χ2n) is 8.37. The summed E-state index contributed by atoms with van der Waals surface area (Å²) in [6.45, 7) is 7.59. The number of halogens is 2. The van der Waals surface area contributed by atoms with Gasteiger partial charge in [0.25, 0.3) is 0 Å². The van der Waals surface area contributed by atoms with Gasteiger partial charge in [0.15, 0.2) is 11.6 Å². The zero-order chi connectivity index (χ0) is 23.4. The molecule has 4 rings (SSSR count). The van der Waals surface area contributed by atoms with Crippen LogP contribution in [0.4, 0.5) is 14.5 Å². The van der Waals surface area contributed by atoms with E-state index in [0.717, 1.165) is 54.3 Å². The highest BCUT2D eigenvalue weighted by Crippen LogP contribution is 2.33. The Kier molecular flexibility index (Phi) is 7.38. The van der Waals surface area contributed by atoms with Crippen molar-refractivity contribution in [3.05, 3.63) is 70.1 Å². The molecule has 1 aliphatic rings. The predicted octanol–water partition coefficient (Wildman–Crippen LogP) is 5.88. The Hall–Kier alpha value is -2.80. The molecule has 1 aliphatic heterocycles. The Morgan fingerprint density at radius 1 is 1.06 bits per heavy atom. The number of rotatable bonds is 7. The van der Waals surface area contributed by atoms with Crippen molar-refractivity contribution < 1.29 is 13.6 Å². The van der Waals surface area contributed by atoms with Crippen molar-refractivity contribution in [1.29, 1.82) is 0 Å². The second kappa shape index (κ2) is 10.4. The Balaban J connectivity index is 1.34. The molecular formula is C26H29F2N3OS. The second-order valence-corrected chi connectivity index (χ2v) is 9.26. The fourth-order valence-corrected chi connectivity index (χ4v) is 5.35. The van der Waals surface area contributed by atoms with Crippen LogP contribution in [0.3, 0.4) is 0 Å². The normalized spacial score (nSPS) is 14.5. The lowest BCUT2D eigenvalue weighted by Gasteiger charge is -2.31. The number of amides is 1. The number of hydrogen-bond donors (Lipinski definition) is 0. The van der Waals surface area contributed by atoms with Gasteiger partial charge in [0.1, 0.15) is 0 Å². The number of carbonyl (C=O) groups excluding carboxylic acids is 1. The van der Waals surface area contributed by atoms with Crippen LogP contribution in [0.1, 0.15) is 43.2 Å². The first-order valence-electron chi connectivity index (χ1n) is 11.5. The van der Waals surface area contributed by atoms with E-state index in [1.54, 1.807) is 11.3 Å². The van der Waals surface area contributed by atoms with Gasteiger partial charge in [-0.25, -0.2) is 13.8 Å². The van der Waals surface area contributed by atoms with Crippen LogP contribution < -0.4 is 4.90 Å². The summed E-state index contributed by atoms with van der Waals surface area (Å²) in [6.07, 6.45) is 1.81. The van der Waals surface area contributed by atoms with Gasteiger partial charge >= 0.3 is 0 Å². The van der Waals surface area contributed by atoms with Crippen LogP contribution in [0.2, 0.25) is 0 Å². The van der Waals surface area contributed by atoms with E-state index >= 15 is 0 Å². The topological polar surface area (TPSA) is 36.4 Å². The minimum atomic E-state index is -0.915. The van der Waals surface area contributed by atoms with Crippen molar-refractivity contribution in [3.63, 3.8) is 0 Å². The van der Waals surface area contributed by atoms with Gasteiger partial charge in [-0.1, -0.05) is 18.2 Å². The summed E-state index contributed by atoms with van der Waals surface area (Å²) in [6, 6.07) is 12.2. The average molecular weight is 470 g/mol. The van der Waals surface area contributed by atoms with Gasteiger partial charge in [0.05, 0.1) is 17.1 Å².